The summed E-state index contributed by atoms with van der Waals surface area (Å²) in [6.07, 6.45) is 1.70. The number of carbonyl (C=O) groups is 1. The first kappa shape index (κ1) is 18.3. The second-order valence-electron chi connectivity index (χ2n) is 6.99. The van der Waals surface area contributed by atoms with Crippen molar-refractivity contribution < 1.29 is 18.0 Å². The van der Waals surface area contributed by atoms with Crippen LogP contribution in [0.25, 0.3) is 11.5 Å². The molecule has 3 heterocycles. The molecule has 3 aromatic rings. The highest BCUT2D eigenvalue weighted by Gasteiger charge is 2.28. The number of halogens is 1. The molecule has 0 spiro atoms. The Morgan fingerprint density at radius 3 is 2.61 bits per heavy atom. The number of amides is 1. The summed E-state index contributed by atoms with van der Waals surface area (Å²) in [5, 5.41) is 7.96. The van der Waals surface area contributed by atoms with Crippen LogP contribution in [-0.4, -0.2) is 39.1 Å². The SMILES string of the molecule is Cc1nnc(C2CCN(C(=O)Cc3nc(-c4ccccc4F)oc3C)CC2)o1. The third-order valence-electron chi connectivity index (χ3n) is 5.05. The van der Waals surface area contributed by atoms with Gasteiger partial charge >= 0.3 is 0 Å². The fraction of sp³-hybridized carbons (Fsp3) is 0.400. The van der Waals surface area contributed by atoms with Crippen molar-refractivity contribution in [2.24, 2.45) is 0 Å². The van der Waals surface area contributed by atoms with Gasteiger partial charge in [-0.2, -0.15) is 0 Å². The van der Waals surface area contributed by atoms with Crippen LogP contribution in [0.15, 0.2) is 33.1 Å². The zero-order valence-corrected chi connectivity index (χ0v) is 15.8. The molecule has 0 saturated carbocycles. The van der Waals surface area contributed by atoms with Crippen LogP contribution >= 0.6 is 0 Å². The van der Waals surface area contributed by atoms with E-state index in [4.69, 9.17) is 8.83 Å². The maximum absolute atomic E-state index is 14.0. The molecule has 0 bridgehead atoms. The van der Waals surface area contributed by atoms with Gasteiger partial charge in [0.15, 0.2) is 0 Å². The van der Waals surface area contributed by atoms with Crippen LogP contribution in [-0.2, 0) is 11.2 Å². The Morgan fingerprint density at radius 2 is 1.93 bits per heavy atom. The number of aromatic nitrogens is 3. The highest BCUT2D eigenvalue weighted by atomic mass is 19.1. The van der Waals surface area contributed by atoms with Crippen molar-refractivity contribution in [2.75, 3.05) is 13.1 Å². The number of nitrogens with zero attached hydrogens (tertiary/aromatic N) is 4. The lowest BCUT2D eigenvalue weighted by Gasteiger charge is -2.30. The van der Waals surface area contributed by atoms with Crippen molar-refractivity contribution in [1.29, 1.82) is 0 Å². The molecule has 146 valence electrons. The van der Waals surface area contributed by atoms with E-state index in [1.807, 2.05) is 4.90 Å². The minimum atomic E-state index is -0.403. The van der Waals surface area contributed by atoms with Gasteiger partial charge in [-0.1, -0.05) is 12.1 Å². The van der Waals surface area contributed by atoms with Crippen LogP contribution in [0.3, 0.4) is 0 Å². The Hall–Kier alpha value is -3.03. The van der Waals surface area contributed by atoms with Crippen molar-refractivity contribution in [3.05, 3.63) is 53.3 Å². The molecule has 0 radical (unpaired) electrons. The molecule has 2 aromatic heterocycles. The van der Waals surface area contributed by atoms with Gasteiger partial charge in [0.05, 0.1) is 17.7 Å². The summed E-state index contributed by atoms with van der Waals surface area (Å²) in [7, 11) is 0. The summed E-state index contributed by atoms with van der Waals surface area (Å²) in [6.45, 7) is 4.76. The first-order valence-corrected chi connectivity index (χ1v) is 9.30. The quantitative estimate of drug-likeness (QED) is 0.685. The largest absolute Gasteiger partial charge is 0.441 e. The first-order chi connectivity index (χ1) is 13.5. The first-order valence-electron chi connectivity index (χ1n) is 9.30. The third kappa shape index (κ3) is 3.67. The van der Waals surface area contributed by atoms with E-state index in [2.05, 4.69) is 15.2 Å². The highest BCUT2D eigenvalue weighted by Crippen LogP contribution is 2.28. The lowest BCUT2D eigenvalue weighted by molar-refractivity contribution is -0.131. The third-order valence-corrected chi connectivity index (χ3v) is 5.05. The van der Waals surface area contributed by atoms with Crippen LogP contribution in [0.1, 0.15) is 42.0 Å². The fourth-order valence-corrected chi connectivity index (χ4v) is 3.45. The molecule has 1 aromatic carbocycles. The summed E-state index contributed by atoms with van der Waals surface area (Å²) in [4.78, 5) is 18.9. The average Bonchev–Trinajstić information content (AvgIpc) is 3.28. The summed E-state index contributed by atoms with van der Waals surface area (Å²) < 4.78 is 25.1. The number of rotatable bonds is 4. The molecule has 0 atom stereocenters. The van der Waals surface area contributed by atoms with Crippen molar-refractivity contribution in [3.8, 4) is 11.5 Å². The van der Waals surface area contributed by atoms with Gasteiger partial charge in [0.25, 0.3) is 0 Å². The number of hydrogen-bond acceptors (Lipinski definition) is 6. The zero-order chi connectivity index (χ0) is 19.7. The van der Waals surface area contributed by atoms with E-state index in [0.717, 1.165) is 12.8 Å². The molecule has 0 N–H and O–H groups in total. The van der Waals surface area contributed by atoms with Gasteiger partial charge in [0, 0.05) is 25.9 Å². The Labute approximate surface area is 161 Å². The van der Waals surface area contributed by atoms with Gasteiger partial charge in [-0.15, -0.1) is 10.2 Å². The molecular weight excluding hydrogens is 363 g/mol. The van der Waals surface area contributed by atoms with Gasteiger partial charge in [-0.25, -0.2) is 9.37 Å². The van der Waals surface area contributed by atoms with Crippen LogP contribution in [0, 0.1) is 19.7 Å². The maximum Gasteiger partial charge on any atom is 0.229 e. The van der Waals surface area contributed by atoms with Gasteiger partial charge in [-0.05, 0) is 31.9 Å². The Balaban J connectivity index is 1.40. The number of hydrogen-bond donors (Lipinski definition) is 0. The van der Waals surface area contributed by atoms with Crippen molar-refractivity contribution >= 4 is 5.91 Å². The average molecular weight is 384 g/mol. The van der Waals surface area contributed by atoms with Crippen LogP contribution < -0.4 is 0 Å². The van der Waals surface area contributed by atoms with Crippen molar-refractivity contribution in [1.82, 2.24) is 20.1 Å². The minimum Gasteiger partial charge on any atom is -0.441 e. The second kappa shape index (κ2) is 7.53. The van der Waals surface area contributed by atoms with E-state index < -0.39 is 5.82 Å². The normalized spacial score (nSPS) is 15.2. The number of aryl methyl sites for hydroxylation is 2. The molecule has 0 aliphatic carbocycles. The maximum atomic E-state index is 14.0. The van der Waals surface area contributed by atoms with Crippen LogP contribution in [0.4, 0.5) is 4.39 Å². The monoisotopic (exact) mass is 384 g/mol. The smallest absolute Gasteiger partial charge is 0.229 e. The number of oxazole rings is 1. The zero-order valence-electron chi connectivity index (χ0n) is 15.8. The predicted molar refractivity (Wildman–Crippen MR) is 97.9 cm³/mol. The molecule has 0 unspecified atom stereocenters. The lowest BCUT2D eigenvalue weighted by atomic mass is 9.96. The van der Waals surface area contributed by atoms with E-state index in [9.17, 15) is 9.18 Å². The van der Waals surface area contributed by atoms with Crippen molar-refractivity contribution in [2.45, 2.75) is 39.0 Å². The Kier molecular flexibility index (Phi) is 4.93. The molecule has 7 nitrogen and oxygen atoms in total. The van der Waals surface area contributed by atoms with E-state index in [-0.39, 0.29) is 24.1 Å². The molecule has 1 aliphatic rings. The number of carbonyl (C=O) groups excluding carboxylic acids is 1. The van der Waals surface area contributed by atoms with E-state index in [1.165, 1.54) is 6.07 Å². The number of piperidine rings is 1. The number of likely N-dealkylation sites (tertiary alicyclic amines) is 1. The molecule has 1 fully saturated rings. The van der Waals surface area contributed by atoms with Gasteiger partial charge in [-0.3, -0.25) is 4.79 Å². The fourth-order valence-electron chi connectivity index (χ4n) is 3.45. The van der Waals surface area contributed by atoms with Gasteiger partial charge < -0.3 is 13.7 Å². The van der Waals surface area contributed by atoms with E-state index in [1.54, 1.807) is 32.0 Å². The van der Waals surface area contributed by atoms with E-state index >= 15 is 0 Å². The minimum absolute atomic E-state index is 0.0170. The van der Waals surface area contributed by atoms with Gasteiger partial charge in [0.1, 0.15) is 11.6 Å². The van der Waals surface area contributed by atoms with E-state index in [0.29, 0.717) is 41.9 Å². The molecule has 28 heavy (non-hydrogen) atoms. The summed E-state index contributed by atoms with van der Waals surface area (Å²) >= 11 is 0. The topological polar surface area (TPSA) is 85.3 Å². The molecule has 1 saturated heterocycles. The second-order valence-corrected chi connectivity index (χ2v) is 6.99. The predicted octanol–water partition coefficient (Wildman–Crippen LogP) is 3.43. The molecule has 4 rings (SSSR count). The Bertz CT molecular complexity index is 989. The molecule has 1 aliphatic heterocycles. The van der Waals surface area contributed by atoms with Crippen LogP contribution in [0.2, 0.25) is 0 Å². The molecular formula is C20H21FN4O3. The molecule has 8 heteroatoms. The van der Waals surface area contributed by atoms with Gasteiger partial charge in [0.2, 0.25) is 23.6 Å². The Morgan fingerprint density at radius 1 is 1.18 bits per heavy atom. The lowest BCUT2D eigenvalue weighted by Crippen LogP contribution is -2.39. The van der Waals surface area contributed by atoms with Crippen molar-refractivity contribution in [3.63, 3.8) is 0 Å². The molecule has 1 amide bonds. The summed E-state index contributed by atoms with van der Waals surface area (Å²) in [5.41, 5.74) is 0.831. The number of benzene rings is 1. The standard InChI is InChI=1S/C20H21FN4O3/c1-12-17(22-20(27-12)15-5-3-4-6-16(15)21)11-18(26)25-9-7-14(8-10-25)19-24-23-13(2)28-19/h3-6,14H,7-11H2,1-2H3. The highest BCUT2D eigenvalue weighted by molar-refractivity contribution is 5.78. The van der Waals surface area contributed by atoms with Crippen LogP contribution in [0.5, 0.6) is 0 Å². The summed E-state index contributed by atoms with van der Waals surface area (Å²) in [5.74, 6) is 1.70. The summed E-state index contributed by atoms with van der Waals surface area (Å²) in [6, 6.07) is 6.29.